The van der Waals surface area contributed by atoms with Crippen LogP contribution in [0.3, 0.4) is 0 Å². The molecule has 0 heterocycles. The average molecular weight is 338 g/mol. The zero-order chi connectivity index (χ0) is 13.8. The largest absolute Gasteiger partial charge is 0.313 e. The Morgan fingerprint density at radius 2 is 2.11 bits per heavy atom. The van der Waals surface area contributed by atoms with E-state index < -0.39 is 9.84 Å². The van der Waals surface area contributed by atoms with Crippen LogP contribution in [0.2, 0.25) is 0 Å². The maximum absolute atomic E-state index is 13.1. The van der Waals surface area contributed by atoms with Gasteiger partial charge in [0.05, 0.1) is 4.47 Å². The molecule has 0 saturated heterocycles. The summed E-state index contributed by atoms with van der Waals surface area (Å²) in [6.45, 7) is 0. The second-order valence-electron chi connectivity index (χ2n) is 4.29. The molecule has 0 aliphatic rings. The molecule has 1 aromatic rings. The normalized spacial score (nSPS) is 13.6. The molecule has 0 aliphatic heterocycles. The standard InChI is InChI=1S/C12H17BrFNO2S/c1-15-12(4-3-7-18(2,16)17)9-5-6-11(14)10(13)8-9/h5-6,8,12,15H,3-4,7H2,1-2H3. The Kier molecular flexibility index (Phi) is 5.75. The summed E-state index contributed by atoms with van der Waals surface area (Å²) in [4.78, 5) is 0. The molecule has 1 N–H and O–H groups in total. The highest BCUT2D eigenvalue weighted by Gasteiger charge is 2.12. The molecule has 0 bridgehead atoms. The topological polar surface area (TPSA) is 46.2 Å². The van der Waals surface area contributed by atoms with Crippen molar-refractivity contribution in [3.05, 3.63) is 34.1 Å². The van der Waals surface area contributed by atoms with E-state index in [-0.39, 0.29) is 17.6 Å². The number of hydrogen-bond acceptors (Lipinski definition) is 3. The maximum Gasteiger partial charge on any atom is 0.147 e. The van der Waals surface area contributed by atoms with E-state index in [0.717, 1.165) is 5.56 Å². The zero-order valence-corrected chi connectivity index (χ0v) is 12.8. The van der Waals surface area contributed by atoms with Gasteiger partial charge >= 0.3 is 0 Å². The minimum Gasteiger partial charge on any atom is -0.313 e. The van der Waals surface area contributed by atoms with E-state index in [9.17, 15) is 12.8 Å². The third-order valence-corrected chi connectivity index (χ3v) is 4.34. The van der Waals surface area contributed by atoms with E-state index in [1.165, 1.54) is 12.3 Å². The van der Waals surface area contributed by atoms with E-state index in [1.807, 2.05) is 7.05 Å². The maximum atomic E-state index is 13.1. The minimum atomic E-state index is -2.92. The predicted octanol–water partition coefficient (Wildman–Crippen LogP) is 2.67. The summed E-state index contributed by atoms with van der Waals surface area (Å²) in [6, 6.07) is 4.86. The Morgan fingerprint density at radius 3 is 2.61 bits per heavy atom. The Morgan fingerprint density at radius 1 is 1.44 bits per heavy atom. The van der Waals surface area contributed by atoms with Gasteiger partial charge in [0.1, 0.15) is 15.7 Å². The van der Waals surface area contributed by atoms with Crippen molar-refractivity contribution < 1.29 is 12.8 Å². The first-order valence-electron chi connectivity index (χ1n) is 5.63. The number of sulfone groups is 1. The fourth-order valence-corrected chi connectivity index (χ4v) is 2.84. The van der Waals surface area contributed by atoms with E-state index >= 15 is 0 Å². The molecule has 1 unspecified atom stereocenters. The second-order valence-corrected chi connectivity index (χ2v) is 7.40. The Hall–Kier alpha value is -0.460. The summed E-state index contributed by atoms with van der Waals surface area (Å²) in [5.41, 5.74) is 0.944. The molecule has 0 spiro atoms. The van der Waals surface area contributed by atoms with Crippen LogP contribution in [-0.2, 0) is 9.84 Å². The van der Waals surface area contributed by atoms with Crippen molar-refractivity contribution in [2.24, 2.45) is 0 Å². The van der Waals surface area contributed by atoms with Gasteiger partial charge in [-0.2, -0.15) is 0 Å². The van der Waals surface area contributed by atoms with E-state index in [0.29, 0.717) is 17.3 Å². The van der Waals surface area contributed by atoms with Crippen LogP contribution in [0.5, 0.6) is 0 Å². The molecule has 1 aromatic carbocycles. The number of benzene rings is 1. The van der Waals surface area contributed by atoms with Crippen LogP contribution in [0.1, 0.15) is 24.4 Å². The fraction of sp³-hybridized carbons (Fsp3) is 0.500. The predicted molar refractivity (Wildman–Crippen MR) is 74.8 cm³/mol. The van der Waals surface area contributed by atoms with Gasteiger partial charge in [0, 0.05) is 18.1 Å². The van der Waals surface area contributed by atoms with Crippen LogP contribution < -0.4 is 5.32 Å². The van der Waals surface area contributed by atoms with Gasteiger partial charge in [-0.25, -0.2) is 12.8 Å². The van der Waals surface area contributed by atoms with Gasteiger partial charge in [-0.15, -0.1) is 0 Å². The fourth-order valence-electron chi connectivity index (χ4n) is 1.76. The average Bonchev–Trinajstić information content (AvgIpc) is 2.27. The molecule has 0 fully saturated rings. The van der Waals surface area contributed by atoms with Gasteiger partial charge in [-0.1, -0.05) is 6.07 Å². The lowest BCUT2D eigenvalue weighted by atomic mass is 10.0. The lowest BCUT2D eigenvalue weighted by molar-refractivity contribution is 0.534. The molecule has 102 valence electrons. The summed E-state index contributed by atoms with van der Waals surface area (Å²) >= 11 is 3.14. The highest BCUT2D eigenvalue weighted by molar-refractivity contribution is 9.10. The van der Waals surface area contributed by atoms with Gasteiger partial charge in [-0.3, -0.25) is 0 Å². The number of halogens is 2. The lowest BCUT2D eigenvalue weighted by Crippen LogP contribution is -2.17. The molecule has 0 radical (unpaired) electrons. The molecule has 0 aromatic heterocycles. The smallest absolute Gasteiger partial charge is 0.147 e. The Labute approximate surface area is 116 Å². The first kappa shape index (κ1) is 15.6. The van der Waals surface area contributed by atoms with Crippen molar-refractivity contribution >= 4 is 25.8 Å². The van der Waals surface area contributed by atoms with E-state index in [4.69, 9.17) is 0 Å². The Balaban J connectivity index is 2.68. The minimum absolute atomic E-state index is 0.0312. The molecular weight excluding hydrogens is 321 g/mol. The number of hydrogen-bond donors (Lipinski definition) is 1. The van der Waals surface area contributed by atoms with Crippen molar-refractivity contribution in [3.63, 3.8) is 0 Å². The van der Waals surface area contributed by atoms with E-state index in [1.54, 1.807) is 12.1 Å². The number of rotatable bonds is 6. The quantitative estimate of drug-likeness (QED) is 0.867. The molecule has 0 saturated carbocycles. The van der Waals surface area contributed by atoms with Gasteiger partial charge < -0.3 is 5.32 Å². The van der Waals surface area contributed by atoms with Crippen molar-refractivity contribution in [3.8, 4) is 0 Å². The van der Waals surface area contributed by atoms with Crippen LogP contribution in [0, 0.1) is 5.82 Å². The first-order valence-corrected chi connectivity index (χ1v) is 8.49. The lowest BCUT2D eigenvalue weighted by Gasteiger charge is -2.16. The van der Waals surface area contributed by atoms with Crippen molar-refractivity contribution in [1.29, 1.82) is 0 Å². The summed E-state index contributed by atoms with van der Waals surface area (Å²) in [5.74, 6) is -0.127. The third-order valence-electron chi connectivity index (χ3n) is 2.70. The van der Waals surface area contributed by atoms with Crippen LogP contribution in [0.25, 0.3) is 0 Å². The van der Waals surface area contributed by atoms with Gasteiger partial charge in [0.15, 0.2) is 0 Å². The molecular formula is C12H17BrFNO2S. The third kappa shape index (κ3) is 5.04. The van der Waals surface area contributed by atoms with Crippen LogP contribution in [-0.4, -0.2) is 27.5 Å². The molecule has 3 nitrogen and oxygen atoms in total. The molecule has 6 heteroatoms. The van der Waals surface area contributed by atoms with Crippen molar-refractivity contribution in [2.45, 2.75) is 18.9 Å². The van der Waals surface area contributed by atoms with E-state index in [2.05, 4.69) is 21.2 Å². The van der Waals surface area contributed by atoms with Gasteiger partial charge in [0.2, 0.25) is 0 Å². The second kappa shape index (κ2) is 6.63. The van der Waals surface area contributed by atoms with Gasteiger partial charge in [-0.05, 0) is 53.5 Å². The molecule has 0 amide bonds. The van der Waals surface area contributed by atoms with Crippen LogP contribution in [0.4, 0.5) is 4.39 Å². The Bertz CT molecular complexity index is 505. The summed E-state index contributed by atoms with van der Waals surface area (Å²) in [6.07, 6.45) is 2.51. The highest BCUT2D eigenvalue weighted by atomic mass is 79.9. The van der Waals surface area contributed by atoms with Crippen molar-refractivity contribution in [2.75, 3.05) is 19.1 Å². The summed E-state index contributed by atoms with van der Waals surface area (Å²) < 4.78 is 35.7. The molecule has 1 rings (SSSR count). The monoisotopic (exact) mass is 337 g/mol. The molecule has 1 atom stereocenters. The van der Waals surface area contributed by atoms with Gasteiger partial charge in [0.25, 0.3) is 0 Å². The highest BCUT2D eigenvalue weighted by Crippen LogP contribution is 2.24. The van der Waals surface area contributed by atoms with Crippen molar-refractivity contribution in [1.82, 2.24) is 5.32 Å². The molecule has 18 heavy (non-hydrogen) atoms. The summed E-state index contributed by atoms with van der Waals surface area (Å²) in [7, 11) is -1.11. The van der Waals surface area contributed by atoms with Crippen LogP contribution >= 0.6 is 15.9 Å². The zero-order valence-electron chi connectivity index (χ0n) is 10.4. The molecule has 0 aliphatic carbocycles. The van der Waals surface area contributed by atoms with Crippen LogP contribution in [0.15, 0.2) is 22.7 Å². The first-order chi connectivity index (χ1) is 8.33. The number of nitrogens with one attached hydrogen (secondary N) is 1. The summed E-state index contributed by atoms with van der Waals surface area (Å²) in [5, 5.41) is 3.11. The SMILES string of the molecule is CNC(CCCS(C)(=O)=O)c1ccc(F)c(Br)c1.